The highest BCUT2D eigenvalue weighted by atomic mass is 16.5. The van der Waals surface area contributed by atoms with Gasteiger partial charge in [-0.05, 0) is 54.5 Å². The van der Waals surface area contributed by atoms with Crippen LogP contribution in [0.3, 0.4) is 0 Å². The van der Waals surface area contributed by atoms with E-state index in [-0.39, 0.29) is 11.0 Å². The molecule has 0 atom stereocenters. The molecule has 0 fully saturated rings. The van der Waals surface area contributed by atoms with Crippen LogP contribution in [0.4, 0.5) is 0 Å². The largest absolute Gasteiger partial charge is 0.493 e. The number of nitrogens with zero attached hydrogens (tertiary/aromatic N) is 2. The van der Waals surface area contributed by atoms with Gasteiger partial charge in [0, 0.05) is 6.54 Å². The maximum absolute atomic E-state index is 12.5. The van der Waals surface area contributed by atoms with Crippen LogP contribution in [-0.4, -0.2) is 16.2 Å². The molecule has 0 aliphatic carbocycles. The molecule has 142 valence electrons. The fourth-order valence-electron chi connectivity index (χ4n) is 3.20. The lowest BCUT2D eigenvalue weighted by Gasteiger charge is -2.23. The van der Waals surface area contributed by atoms with E-state index in [9.17, 15) is 4.79 Å². The van der Waals surface area contributed by atoms with Crippen molar-refractivity contribution in [3.05, 3.63) is 70.3 Å². The van der Waals surface area contributed by atoms with Crippen LogP contribution in [0.2, 0.25) is 0 Å². The first-order valence-electron chi connectivity index (χ1n) is 9.54. The van der Waals surface area contributed by atoms with Gasteiger partial charge < -0.3 is 4.74 Å². The van der Waals surface area contributed by atoms with E-state index in [1.807, 2.05) is 24.3 Å². The van der Waals surface area contributed by atoms with Crippen LogP contribution < -0.4 is 10.3 Å². The van der Waals surface area contributed by atoms with Gasteiger partial charge in [0.05, 0.1) is 23.8 Å². The standard InChI is InChI=1S/C23H28N2O2/c1-17-11-12-19(23(2,3)4)21(15-17)27-14-8-7-13-25-16-24-20-10-6-5-9-18(20)22(25)26/h5-6,9-12,15-16H,7-8,13-14H2,1-4H3. The normalized spacial score (nSPS) is 11.7. The molecule has 0 bridgehead atoms. The van der Waals surface area contributed by atoms with Gasteiger partial charge in [0.15, 0.2) is 0 Å². The summed E-state index contributed by atoms with van der Waals surface area (Å²) in [7, 11) is 0. The fourth-order valence-corrected chi connectivity index (χ4v) is 3.20. The number of unbranched alkanes of at least 4 members (excludes halogenated alkanes) is 1. The number of fused-ring (bicyclic) bond motifs is 1. The summed E-state index contributed by atoms with van der Waals surface area (Å²) in [5.74, 6) is 0.965. The summed E-state index contributed by atoms with van der Waals surface area (Å²) in [5, 5.41) is 0.672. The van der Waals surface area contributed by atoms with Gasteiger partial charge in [-0.2, -0.15) is 0 Å². The molecule has 0 aliphatic heterocycles. The molecule has 4 nitrogen and oxygen atoms in total. The quantitative estimate of drug-likeness (QED) is 0.587. The van der Waals surface area contributed by atoms with Crippen molar-refractivity contribution >= 4 is 10.9 Å². The number of benzene rings is 2. The Hall–Kier alpha value is -2.62. The molecule has 0 saturated carbocycles. The second kappa shape index (κ2) is 7.95. The molecule has 2 aromatic carbocycles. The average molecular weight is 364 g/mol. The summed E-state index contributed by atoms with van der Waals surface area (Å²) >= 11 is 0. The molecule has 3 aromatic rings. The third-order valence-electron chi connectivity index (χ3n) is 4.73. The number of ether oxygens (including phenoxy) is 1. The van der Waals surface area contributed by atoms with Gasteiger partial charge in [-0.15, -0.1) is 0 Å². The van der Waals surface area contributed by atoms with Gasteiger partial charge in [0.2, 0.25) is 0 Å². The third-order valence-corrected chi connectivity index (χ3v) is 4.73. The summed E-state index contributed by atoms with van der Waals surface area (Å²) in [4.78, 5) is 16.9. The summed E-state index contributed by atoms with van der Waals surface area (Å²) in [6.07, 6.45) is 3.40. The SMILES string of the molecule is Cc1ccc(C(C)(C)C)c(OCCCCn2cnc3ccccc3c2=O)c1. The first-order valence-corrected chi connectivity index (χ1v) is 9.54. The molecule has 1 heterocycles. The first-order chi connectivity index (χ1) is 12.9. The van der Waals surface area contributed by atoms with Crippen LogP contribution in [0.5, 0.6) is 5.75 Å². The smallest absolute Gasteiger partial charge is 0.261 e. The Kier molecular flexibility index (Phi) is 5.64. The van der Waals surface area contributed by atoms with Crippen molar-refractivity contribution in [1.82, 2.24) is 9.55 Å². The molecule has 0 amide bonds. The van der Waals surface area contributed by atoms with Crippen molar-refractivity contribution in [2.45, 2.75) is 52.5 Å². The Balaban J connectivity index is 1.58. The van der Waals surface area contributed by atoms with Crippen LogP contribution in [0.1, 0.15) is 44.7 Å². The van der Waals surface area contributed by atoms with E-state index < -0.39 is 0 Å². The first kappa shape index (κ1) is 19.2. The number of aromatic nitrogens is 2. The fraction of sp³-hybridized carbons (Fsp3) is 0.391. The highest BCUT2D eigenvalue weighted by molar-refractivity contribution is 5.76. The molecule has 4 heteroatoms. The Labute approximate surface area is 160 Å². The Bertz CT molecular complexity index is 984. The van der Waals surface area contributed by atoms with Crippen molar-refractivity contribution in [3.8, 4) is 5.75 Å². The van der Waals surface area contributed by atoms with Crippen LogP contribution in [0.25, 0.3) is 10.9 Å². The van der Waals surface area contributed by atoms with Gasteiger partial charge in [0.25, 0.3) is 5.56 Å². The second-order valence-electron chi connectivity index (χ2n) is 8.07. The zero-order valence-electron chi connectivity index (χ0n) is 16.7. The Morgan fingerprint density at radius 1 is 1.07 bits per heavy atom. The number of para-hydroxylation sites is 1. The molecular weight excluding hydrogens is 336 g/mol. The van der Waals surface area contributed by atoms with Crippen LogP contribution in [0, 0.1) is 6.92 Å². The molecule has 0 aliphatic rings. The summed E-state index contributed by atoms with van der Waals surface area (Å²) in [6, 6.07) is 13.9. The molecule has 0 spiro atoms. The Morgan fingerprint density at radius 2 is 1.85 bits per heavy atom. The Morgan fingerprint density at radius 3 is 2.63 bits per heavy atom. The zero-order valence-corrected chi connectivity index (χ0v) is 16.7. The number of hydrogen-bond donors (Lipinski definition) is 0. The minimum Gasteiger partial charge on any atom is -0.493 e. The van der Waals surface area contributed by atoms with E-state index >= 15 is 0 Å². The van der Waals surface area contributed by atoms with Crippen LogP contribution in [-0.2, 0) is 12.0 Å². The van der Waals surface area contributed by atoms with Gasteiger partial charge in [0.1, 0.15) is 5.75 Å². The van der Waals surface area contributed by atoms with Crippen molar-refractivity contribution in [2.24, 2.45) is 0 Å². The minimum atomic E-state index is 0.0234. The van der Waals surface area contributed by atoms with Gasteiger partial charge in [-0.3, -0.25) is 9.36 Å². The van der Waals surface area contributed by atoms with Crippen molar-refractivity contribution in [1.29, 1.82) is 0 Å². The highest BCUT2D eigenvalue weighted by Crippen LogP contribution is 2.32. The van der Waals surface area contributed by atoms with Crippen molar-refractivity contribution < 1.29 is 4.74 Å². The molecule has 3 rings (SSSR count). The summed E-state index contributed by atoms with van der Waals surface area (Å²) in [6.45, 7) is 9.97. The van der Waals surface area contributed by atoms with E-state index in [0.717, 1.165) is 24.1 Å². The van der Waals surface area contributed by atoms with Gasteiger partial charge in [-0.1, -0.05) is 45.0 Å². The number of aryl methyl sites for hydroxylation is 2. The van der Waals surface area contributed by atoms with E-state index in [0.29, 0.717) is 18.5 Å². The minimum absolute atomic E-state index is 0.0234. The van der Waals surface area contributed by atoms with E-state index in [1.54, 1.807) is 10.9 Å². The van der Waals surface area contributed by atoms with E-state index in [4.69, 9.17) is 4.74 Å². The molecule has 27 heavy (non-hydrogen) atoms. The average Bonchev–Trinajstić information content (AvgIpc) is 2.62. The summed E-state index contributed by atoms with van der Waals surface area (Å²) in [5.41, 5.74) is 3.24. The molecule has 0 unspecified atom stereocenters. The van der Waals surface area contributed by atoms with E-state index in [1.165, 1.54) is 11.1 Å². The summed E-state index contributed by atoms with van der Waals surface area (Å²) < 4.78 is 7.77. The van der Waals surface area contributed by atoms with Gasteiger partial charge in [-0.25, -0.2) is 4.98 Å². The van der Waals surface area contributed by atoms with Gasteiger partial charge >= 0.3 is 0 Å². The zero-order chi connectivity index (χ0) is 19.4. The highest BCUT2D eigenvalue weighted by Gasteiger charge is 2.18. The molecular formula is C23H28N2O2. The van der Waals surface area contributed by atoms with Crippen molar-refractivity contribution in [2.75, 3.05) is 6.61 Å². The predicted molar refractivity (Wildman–Crippen MR) is 111 cm³/mol. The number of rotatable bonds is 6. The second-order valence-corrected chi connectivity index (χ2v) is 8.07. The third kappa shape index (κ3) is 4.57. The van der Waals surface area contributed by atoms with Crippen LogP contribution >= 0.6 is 0 Å². The maximum Gasteiger partial charge on any atom is 0.261 e. The molecule has 0 saturated heterocycles. The van der Waals surface area contributed by atoms with Crippen LogP contribution in [0.15, 0.2) is 53.6 Å². The molecule has 1 aromatic heterocycles. The topological polar surface area (TPSA) is 44.1 Å². The maximum atomic E-state index is 12.5. The lowest BCUT2D eigenvalue weighted by atomic mass is 9.86. The predicted octanol–water partition coefficient (Wildman–Crippen LogP) is 4.86. The van der Waals surface area contributed by atoms with Crippen molar-refractivity contribution in [3.63, 3.8) is 0 Å². The lowest BCUT2D eigenvalue weighted by Crippen LogP contribution is -2.21. The van der Waals surface area contributed by atoms with E-state index in [2.05, 4.69) is 50.9 Å². The molecule has 0 N–H and O–H groups in total. The number of hydrogen-bond acceptors (Lipinski definition) is 3. The lowest BCUT2D eigenvalue weighted by molar-refractivity contribution is 0.295. The monoisotopic (exact) mass is 364 g/mol. The molecule has 0 radical (unpaired) electrons.